The normalized spacial score (nSPS) is 13.5. The van der Waals surface area contributed by atoms with Crippen LogP contribution in [0.3, 0.4) is 0 Å². The number of phenolic OH excluding ortho intramolecular Hbond substituents is 2. The van der Waals surface area contributed by atoms with Crippen LogP contribution < -0.4 is 0 Å². The SMILES string of the molecule is CCc1ccc(Cc2cc(O)c(N=C3C=CC(=Nc4cc(O)c(C)cc4S(=O)(=O)O)C=C3)cc2S(=O)(=O)O)cc1. The highest BCUT2D eigenvalue weighted by molar-refractivity contribution is 7.86. The van der Waals surface area contributed by atoms with Crippen molar-refractivity contribution in [1.29, 1.82) is 0 Å². The first-order chi connectivity index (χ1) is 18.7. The number of aliphatic imine (C=N–C) groups is 2. The van der Waals surface area contributed by atoms with E-state index < -0.39 is 25.1 Å². The maximum atomic E-state index is 12.2. The van der Waals surface area contributed by atoms with E-state index in [2.05, 4.69) is 9.98 Å². The highest BCUT2D eigenvalue weighted by atomic mass is 32.2. The van der Waals surface area contributed by atoms with Crippen LogP contribution in [0.25, 0.3) is 0 Å². The average molecular weight is 583 g/mol. The predicted octanol–water partition coefficient (Wildman–Crippen LogP) is 5.02. The summed E-state index contributed by atoms with van der Waals surface area (Å²) in [6, 6.07) is 12.1. The van der Waals surface area contributed by atoms with E-state index in [0.29, 0.717) is 5.71 Å². The molecule has 208 valence electrons. The Bertz CT molecular complexity index is 1800. The van der Waals surface area contributed by atoms with Crippen molar-refractivity contribution in [2.45, 2.75) is 36.5 Å². The molecule has 1 aliphatic rings. The topological polar surface area (TPSA) is 174 Å². The zero-order valence-corrected chi connectivity index (χ0v) is 23.1. The molecule has 0 fully saturated rings. The first kappa shape index (κ1) is 28.9. The summed E-state index contributed by atoms with van der Waals surface area (Å²) in [5, 5.41) is 20.6. The molecular weight excluding hydrogens is 556 g/mol. The van der Waals surface area contributed by atoms with E-state index in [1.807, 2.05) is 31.2 Å². The molecule has 0 unspecified atom stereocenters. The van der Waals surface area contributed by atoms with Gasteiger partial charge < -0.3 is 10.2 Å². The van der Waals surface area contributed by atoms with Gasteiger partial charge in [-0.05, 0) is 84.5 Å². The average Bonchev–Trinajstić information content (AvgIpc) is 2.87. The number of hydrogen-bond acceptors (Lipinski definition) is 8. The molecule has 0 saturated heterocycles. The molecule has 10 nitrogen and oxygen atoms in total. The number of phenols is 2. The summed E-state index contributed by atoms with van der Waals surface area (Å²) in [4.78, 5) is 7.60. The quantitative estimate of drug-likeness (QED) is 0.222. The molecule has 40 heavy (non-hydrogen) atoms. The molecule has 3 aromatic rings. The second-order valence-corrected chi connectivity index (χ2v) is 11.9. The van der Waals surface area contributed by atoms with Crippen molar-refractivity contribution in [3.05, 3.63) is 95.1 Å². The maximum Gasteiger partial charge on any atom is 0.296 e. The standard InChI is InChI=1S/C28H26N2O8S2/c1-3-18-4-6-19(7-5-18)13-20-14-26(32)23(16-27(20)39(33,34)35)29-21-8-10-22(11-9-21)30-24-15-25(31)17(2)12-28(24)40(36,37)38/h4-12,14-16,31-32H,3,13H2,1-2H3,(H,33,34,35)(H,36,37,38). The Kier molecular flexibility index (Phi) is 8.08. The molecule has 0 aliphatic heterocycles. The lowest BCUT2D eigenvalue weighted by molar-refractivity contribution is 0.468. The van der Waals surface area contributed by atoms with Crippen molar-refractivity contribution in [1.82, 2.24) is 0 Å². The maximum absolute atomic E-state index is 12.2. The van der Waals surface area contributed by atoms with E-state index in [4.69, 9.17) is 0 Å². The summed E-state index contributed by atoms with van der Waals surface area (Å²) in [7, 11) is -9.25. The minimum absolute atomic E-state index is 0.0977. The van der Waals surface area contributed by atoms with Crippen molar-refractivity contribution in [3.63, 3.8) is 0 Å². The van der Waals surface area contributed by atoms with Crippen LogP contribution in [-0.4, -0.2) is 47.6 Å². The molecule has 0 amide bonds. The Balaban J connectivity index is 1.66. The van der Waals surface area contributed by atoms with E-state index in [1.165, 1.54) is 37.3 Å². The number of allylic oxidation sites excluding steroid dienone is 4. The van der Waals surface area contributed by atoms with E-state index >= 15 is 0 Å². The monoisotopic (exact) mass is 582 g/mol. The van der Waals surface area contributed by atoms with E-state index in [1.54, 1.807) is 0 Å². The molecule has 12 heteroatoms. The zero-order valence-electron chi connectivity index (χ0n) is 21.5. The molecule has 0 aromatic heterocycles. The Morgan fingerprint density at radius 3 is 1.73 bits per heavy atom. The van der Waals surface area contributed by atoms with Gasteiger partial charge in [-0.2, -0.15) is 16.8 Å². The fourth-order valence-electron chi connectivity index (χ4n) is 4.01. The van der Waals surface area contributed by atoms with Gasteiger partial charge >= 0.3 is 0 Å². The van der Waals surface area contributed by atoms with Gasteiger partial charge in [-0.15, -0.1) is 0 Å². The number of benzene rings is 3. The minimum Gasteiger partial charge on any atom is -0.508 e. The highest BCUT2D eigenvalue weighted by Gasteiger charge is 2.20. The van der Waals surface area contributed by atoms with Crippen molar-refractivity contribution in [3.8, 4) is 11.5 Å². The fourth-order valence-corrected chi connectivity index (χ4v) is 5.43. The van der Waals surface area contributed by atoms with Crippen LogP contribution in [0.4, 0.5) is 11.4 Å². The third kappa shape index (κ3) is 6.72. The van der Waals surface area contributed by atoms with Gasteiger partial charge in [-0.1, -0.05) is 31.2 Å². The van der Waals surface area contributed by atoms with Crippen LogP contribution in [0, 0.1) is 6.92 Å². The van der Waals surface area contributed by atoms with Gasteiger partial charge in [0.05, 0.1) is 22.0 Å². The van der Waals surface area contributed by atoms with Crippen molar-refractivity contribution in [2.24, 2.45) is 9.98 Å². The first-order valence-electron chi connectivity index (χ1n) is 12.0. The molecule has 0 saturated carbocycles. The number of rotatable bonds is 7. The molecule has 1 aliphatic carbocycles. The molecule has 0 heterocycles. The van der Waals surface area contributed by atoms with Crippen molar-refractivity contribution in [2.75, 3.05) is 0 Å². The van der Waals surface area contributed by atoms with Gasteiger partial charge in [-0.3, -0.25) is 9.11 Å². The minimum atomic E-state index is -4.64. The fraction of sp³-hybridized carbons (Fsp3) is 0.143. The molecular formula is C28H26N2O8S2. The smallest absolute Gasteiger partial charge is 0.296 e. The lowest BCUT2D eigenvalue weighted by Crippen LogP contribution is -2.05. The van der Waals surface area contributed by atoms with Crippen LogP contribution >= 0.6 is 0 Å². The number of nitrogens with zero attached hydrogens (tertiary/aromatic N) is 2. The predicted molar refractivity (Wildman–Crippen MR) is 152 cm³/mol. The van der Waals surface area contributed by atoms with Crippen LogP contribution in [0.15, 0.2) is 92.6 Å². The second-order valence-electron chi connectivity index (χ2n) is 9.09. The third-order valence-electron chi connectivity index (χ3n) is 6.17. The molecule has 0 atom stereocenters. The van der Waals surface area contributed by atoms with E-state index in [-0.39, 0.29) is 51.0 Å². The highest BCUT2D eigenvalue weighted by Crippen LogP contribution is 2.35. The number of aryl methyl sites for hydroxylation is 2. The second kappa shape index (κ2) is 11.2. The van der Waals surface area contributed by atoms with Crippen LogP contribution in [0.5, 0.6) is 11.5 Å². The summed E-state index contributed by atoms with van der Waals surface area (Å²) < 4.78 is 67.2. The lowest BCUT2D eigenvalue weighted by atomic mass is 10.0. The third-order valence-corrected chi connectivity index (χ3v) is 7.98. The van der Waals surface area contributed by atoms with E-state index in [9.17, 15) is 36.2 Å². The summed E-state index contributed by atoms with van der Waals surface area (Å²) >= 11 is 0. The first-order valence-corrected chi connectivity index (χ1v) is 14.9. The Morgan fingerprint density at radius 1 is 0.675 bits per heavy atom. The largest absolute Gasteiger partial charge is 0.508 e. The van der Waals surface area contributed by atoms with E-state index in [0.717, 1.165) is 35.7 Å². The molecule has 4 rings (SSSR count). The lowest BCUT2D eigenvalue weighted by Gasteiger charge is -2.11. The van der Waals surface area contributed by atoms with Gasteiger partial charge in [0.25, 0.3) is 20.2 Å². The van der Waals surface area contributed by atoms with Gasteiger partial charge in [0.2, 0.25) is 0 Å². The summed E-state index contributed by atoms with van der Waals surface area (Å²) in [5.74, 6) is -0.501. The van der Waals surface area contributed by atoms with Crippen LogP contribution in [-0.2, 0) is 33.1 Å². The number of aromatic hydroxyl groups is 2. The summed E-state index contributed by atoms with van der Waals surface area (Å²) in [5.41, 5.74) is 2.64. The van der Waals surface area contributed by atoms with Crippen molar-refractivity contribution < 1.29 is 36.2 Å². The van der Waals surface area contributed by atoms with Gasteiger partial charge in [0.1, 0.15) is 22.1 Å². The van der Waals surface area contributed by atoms with Gasteiger partial charge in [0, 0.05) is 6.07 Å². The molecule has 4 N–H and O–H groups in total. The zero-order chi connectivity index (χ0) is 29.2. The van der Waals surface area contributed by atoms with Crippen molar-refractivity contribution >= 4 is 43.0 Å². The molecule has 3 aromatic carbocycles. The molecule has 0 spiro atoms. The Labute approximate surface area is 231 Å². The van der Waals surface area contributed by atoms with Crippen LogP contribution in [0.2, 0.25) is 0 Å². The molecule has 0 bridgehead atoms. The van der Waals surface area contributed by atoms with Gasteiger partial charge in [-0.25, -0.2) is 9.98 Å². The Hall–Kier alpha value is -4.10. The summed E-state index contributed by atoms with van der Waals surface area (Å²) in [6.07, 6.45) is 6.91. The number of hydrogen-bond donors (Lipinski definition) is 4. The Morgan fingerprint density at radius 2 is 1.20 bits per heavy atom. The van der Waals surface area contributed by atoms with Crippen LogP contribution in [0.1, 0.15) is 29.2 Å². The molecule has 0 radical (unpaired) electrons. The summed E-state index contributed by atoms with van der Waals surface area (Å²) in [6.45, 7) is 3.49. The van der Waals surface area contributed by atoms with Gasteiger partial charge in [0.15, 0.2) is 0 Å².